The summed E-state index contributed by atoms with van der Waals surface area (Å²) in [6.45, 7) is 0.0755. The number of nitrogens with zero attached hydrogens (tertiary/aromatic N) is 1. The van der Waals surface area contributed by atoms with E-state index in [-0.39, 0.29) is 6.61 Å². The molecule has 2 nitrogen and oxygen atoms in total. The molecule has 0 aliphatic heterocycles. The number of hydrogen-bond donors (Lipinski definition) is 1. The zero-order valence-electron chi connectivity index (χ0n) is 8.88. The number of pyridine rings is 1. The SMILES string of the molecule is OC/C=C/c1ccc(-c2ccncc2)cc1. The predicted molar refractivity (Wildman–Crippen MR) is 65.8 cm³/mol. The molecule has 1 heterocycles. The number of aliphatic hydroxyl groups is 1. The molecule has 80 valence electrons. The van der Waals surface area contributed by atoms with Gasteiger partial charge in [-0.1, -0.05) is 36.4 Å². The summed E-state index contributed by atoms with van der Waals surface area (Å²) in [6, 6.07) is 12.2. The van der Waals surface area contributed by atoms with Crippen molar-refractivity contribution < 1.29 is 5.11 Å². The van der Waals surface area contributed by atoms with Gasteiger partial charge in [-0.15, -0.1) is 0 Å². The van der Waals surface area contributed by atoms with Crippen LogP contribution in [0.2, 0.25) is 0 Å². The topological polar surface area (TPSA) is 33.1 Å². The molecule has 0 aliphatic rings. The molecule has 0 spiro atoms. The molecule has 0 unspecified atom stereocenters. The van der Waals surface area contributed by atoms with Gasteiger partial charge in [-0.2, -0.15) is 0 Å². The van der Waals surface area contributed by atoms with Gasteiger partial charge in [0.1, 0.15) is 0 Å². The van der Waals surface area contributed by atoms with Crippen LogP contribution >= 0.6 is 0 Å². The molecule has 0 saturated carbocycles. The van der Waals surface area contributed by atoms with Crippen molar-refractivity contribution in [2.45, 2.75) is 0 Å². The predicted octanol–water partition coefficient (Wildman–Crippen LogP) is 2.75. The fourth-order valence-corrected chi connectivity index (χ4v) is 1.52. The Morgan fingerprint density at radius 3 is 2.19 bits per heavy atom. The molecule has 1 N–H and O–H groups in total. The highest BCUT2D eigenvalue weighted by Gasteiger charge is 1.95. The number of hydrogen-bond acceptors (Lipinski definition) is 2. The minimum absolute atomic E-state index is 0.0755. The molecular formula is C14H13NO. The average molecular weight is 211 g/mol. The number of benzene rings is 1. The number of aromatic nitrogens is 1. The summed E-state index contributed by atoms with van der Waals surface area (Å²) in [5, 5.41) is 8.67. The van der Waals surface area contributed by atoms with E-state index in [1.807, 2.05) is 30.3 Å². The largest absolute Gasteiger partial charge is 0.392 e. The monoisotopic (exact) mass is 211 g/mol. The molecule has 0 atom stereocenters. The summed E-state index contributed by atoms with van der Waals surface area (Å²) in [7, 11) is 0. The van der Waals surface area contributed by atoms with E-state index in [4.69, 9.17) is 5.11 Å². The highest BCUT2D eigenvalue weighted by atomic mass is 16.2. The second-order valence-corrected chi connectivity index (χ2v) is 3.44. The molecule has 0 aliphatic carbocycles. The summed E-state index contributed by atoms with van der Waals surface area (Å²) in [5.41, 5.74) is 3.42. The third kappa shape index (κ3) is 2.55. The Kier molecular flexibility index (Phi) is 3.46. The van der Waals surface area contributed by atoms with Gasteiger partial charge in [0.05, 0.1) is 6.61 Å². The van der Waals surface area contributed by atoms with Crippen LogP contribution < -0.4 is 0 Å². The zero-order chi connectivity index (χ0) is 11.2. The van der Waals surface area contributed by atoms with E-state index in [0.29, 0.717) is 0 Å². The molecule has 0 amide bonds. The van der Waals surface area contributed by atoms with E-state index in [2.05, 4.69) is 17.1 Å². The second kappa shape index (κ2) is 5.24. The molecule has 1 aromatic carbocycles. The lowest BCUT2D eigenvalue weighted by Crippen LogP contribution is -1.79. The minimum atomic E-state index is 0.0755. The first-order chi connectivity index (χ1) is 7.90. The summed E-state index contributed by atoms with van der Waals surface area (Å²) < 4.78 is 0. The second-order valence-electron chi connectivity index (χ2n) is 3.44. The van der Waals surface area contributed by atoms with Gasteiger partial charge >= 0.3 is 0 Å². The third-order valence-corrected chi connectivity index (χ3v) is 2.34. The average Bonchev–Trinajstić information content (AvgIpc) is 2.38. The Morgan fingerprint density at radius 1 is 0.938 bits per heavy atom. The van der Waals surface area contributed by atoms with Gasteiger partial charge in [-0.05, 0) is 28.8 Å². The molecule has 0 fully saturated rings. The van der Waals surface area contributed by atoms with Crippen molar-refractivity contribution in [1.82, 2.24) is 4.98 Å². The van der Waals surface area contributed by atoms with E-state index in [9.17, 15) is 0 Å². The summed E-state index contributed by atoms with van der Waals surface area (Å²) in [4.78, 5) is 3.99. The van der Waals surface area contributed by atoms with Crippen molar-refractivity contribution in [1.29, 1.82) is 0 Å². The molecule has 0 saturated heterocycles. The van der Waals surface area contributed by atoms with Crippen LogP contribution in [0, 0.1) is 0 Å². The van der Waals surface area contributed by atoms with Crippen LogP contribution in [0.1, 0.15) is 5.56 Å². The molecule has 1 aromatic heterocycles. The fourth-order valence-electron chi connectivity index (χ4n) is 1.52. The minimum Gasteiger partial charge on any atom is -0.392 e. The van der Waals surface area contributed by atoms with Crippen LogP contribution in [-0.2, 0) is 0 Å². The van der Waals surface area contributed by atoms with Crippen molar-refractivity contribution >= 4 is 6.08 Å². The van der Waals surface area contributed by atoms with Gasteiger partial charge in [0.2, 0.25) is 0 Å². The highest BCUT2D eigenvalue weighted by molar-refractivity contribution is 5.65. The molecule has 0 radical (unpaired) electrons. The molecular weight excluding hydrogens is 198 g/mol. The van der Waals surface area contributed by atoms with Crippen molar-refractivity contribution in [3.05, 3.63) is 60.4 Å². The van der Waals surface area contributed by atoms with Crippen LogP contribution in [-0.4, -0.2) is 16.7 Å². The van der Waals surface area contributed by atoms with Gasteiger partial charge in [0, 0.05) is 12.4 Å². The van der Waals surface area contributed by atoms with Crippen molar-refractivity contribution in [2.75, 3.05) is 6.61 Å². The summed E-state index contributed by atoms with van der Waals surface area (Å²) in [5.74, 6) is 0. The van der Waals surface area contributed by atoms with Gasteiger partial charge in [0.15, 0.2) is 0 Å². The Balaban J connectivity index is 2.23. The normalized spacial score (nSPS) is 10.8. The lowest BCUT2D eigenvalue weighted by molar-refractivity contribution is 0.343. The smallest absolute Gasteiger partial charge is 0.0615 e. The Morgan fingerprint density at radius 2 is 1.56 bits per heavy atom. The van der Waals surface area contributed by atoms with Gasteiger partial charge < -0.3 is 5.11 Å². The molecule has 2 aromatic rings. The summed E-state index contributed by atoms with van der Waals surface area (Å²) in [6.07, 6.45) is 7.20. The number of aliphatic hydroxyl groups excluding tert-OH is 1. The van der Waals surface area contributed by atoms with Crippen LogP contribution in [0.3, 0.4) is 0 Å². The van der Waals surface area contributed by atoms with E-state index < -0.39 is 0 Å². The van der Waals surface area contributed by atoms with E-state index in [0.717, 1.165) is 11.1 Å². The van der Waals surface area contributed by atoms with Gasteiger partial charge in [-0.3, -0.25) is 4.98 Å². The molecule has 2 rings (SSSR count). The van der Waals surface area contributed by atoms with Crippen molar-refractivity contribution in [3.63, 3.8) is 0 Å². The zero-order valence-corrected chi connectivity index (χ0v) is 8.88. The van der Waals surface area contributed by atoms with Crippen molar-refractivity contribution in [2.24, 2.45) is 0 Å². The molecule has 0 bridgehead atoms. The lowest BCUT2D eigenvalue weighted by Gasteiger charge is -2.01. The third-order valence-electron chi connectivity index (χ3n) is 2.34. The maximum atomic E-state index is 8.67. The first-order valence-corrected chi connectivity index (χ1v) is 5.18. The van der Waals surface area contributed by atoms with Crippen molar-refractivity contribution in [3.8, 4) is 11.1 Å². The molecule has 2 heteroatoms. The Bertz CT molecular complexity index is 460. The Hall–Kier alpha value is -1.93. The van der Waals surface area contributed by atoms with E-state index in [1.165, 1.54) is 5.56 Å². The highest BCUT2D eigenvalue weighted by Crippen LogP contribution is 2.18. The quantitative estimate of drug-likeness (QED) is 0.846. The maximum Gasteiger partial charge on any atom is 0.0615 e. The van der Waals surface area contributed by atoms with Gasteiger partial charge in [0.25, 0.3) is 0 Å². The van der Waals surface area contributed by atoms with Crippen LogP contribution in [0.25, 0.3) is 17.2 Å². The van der Waals surface area contributed by atoms with E-state index in [1.54, 1.807) is 18.5 Å². The fraction of sp³-hybridized carbons (Fsp3) is 0.0714. The first-order valence-electron chi connectivity index (χ1n) is 5.18. The first kappa shape index (κ1) is 10.6. The standard InChI is InChI=1S/C14H13NO/c16-11-1-2-12-3-5-13(6-4-12)14-7-9-15-10-8-14/h1-10,16H,11H2/b2-1+. The van der Waals surface area contributed by atoms with Crippen LogP contribution in [0.15, 0.2) is 54.9 Å². The number of rotatable bonds is 3. The molecule has 16 heavy (non-hydrogen) atoms. The van der Waals surface area contributed by atoms with E-state index >= 15 is 0 Å². The Labute approximate surface area is 94.9 Å². The van der Waals surface area contributed by atoms with Crippen LogP contribution in [0.4, 0.5) is 0 Å². The lowest BCUT2D eigenvalue weighted by atomic mass is 10.1. The van der Waals surface area contributed by atoms with Gasteiger partial charge in [-0.25, -0.2) is 0 Å². The van der Waals surface area contributed by atoms with Crippen LogP contribution in [0.5, 0.6) is 0 Å². The maximum absolute atomic E-state index is 8.67. The summed E-state index contributed by atoms with van der Waals surface area (Å²) >= 11 is 0.